The molecule has 132 valence electrons. The van der Waals surface area contributed by atoms with Crippen molar-refractivity contribution in [3.8, 4) is 17.2 Å². The van der Waals surface area contributed by atoms with Crippen LogP contribution in [0.3, 0.4) is 0 Å². The van der Waals surface area contributed by atoms with Crippen LogP contribution in [0.2, 0.25) is 0 Å². The van der Waals surface area contributed by atoms with Crippen LogP contribution in [0.25, 0.3) is 5.69 Å². The van der Waals surface area contributed by atoms with Crippen LogP contribution in [0, 0.1) is 0 Å². The molecule has 0 saturated carbocycles. The monoisotopic (exact) mass is 356 g/mol. The fourth-order valence-corrected chi connectivity index (χ4v) is 2.65. The van der Waals surface area contributed by atoms with Crippen molar-refractivity contribution in [1.29, 1.82) is 0 Å². The second-order valence-electron chi connectivity index (χ2n) is 5.88. The van der Waals surface area contributed by atoms with Crippen LogP contribution >= 0.6 is 0 Å². The summed E-state index contributed by atoms with van der Waals surface area (Å²) in [5.41, 5.74) is 7.65. The quantitative estimate of drug-likeness (QED) is 0.433. The number of hydrogen-bond acceptors (Lipinski definition) is 5. The average Bonchev–Trinajstić information content (AvgIpc) is 3.19. The van der Waals surface area contributed by atoms with Crippen LogP contribution in [0.5, 0.6) is 11.5 Å². The zero-order valence-corrected chi connectivity index (χ0v) is 14.3. The highest BCUT2D eigenvalue weighted by Gasteiger charge is 2.16. The van der Waals surface area contributed by atoms with E-state index in [1.807, 2.05) is 54.6 Å². The molecule has 6 heteroatoms. The molecule has 0 atom stereocenters. The Labute approximate surface area is 155 Å². The number of ether oxygens (including phenoxy) is 1. The molecule has 27 heavy (non-hydrogen) atoms. The fraction of sp³-hybridized carbons (Fsp3) is 0. The number of nitrogen functional groups attached to an aromatic ring is 1. The number of anilines is 1. The Hall–Kier alpha value is -3.93. The molecule has 0 aliphatic heterocycles. The van der Waals surface area contributed by atoms with E-state index < -0.39 is 0 Å². The van der Waals surface area contributed by atoms with Gasteiger partial charge in [-0.25, -0.2) is 4.68 Å². The van der Waals surface area contributed by atoms with Gasteiger partial charge in [0.15, 0.2) is 5.69 Å². The molecule has 0 saturated heterocycles. The third-order valence-electron chi connectivity index (χ3n) is 3.99. The van der Waals surface area contributed by atoms with Gasteiger partial charge in [-0.1, -0.05) is 41.6 Å². The first-order valence-electron chi connectivity index (χ1n) is 8.35. The average molecular weight is 356 g/mol. The largest absolute Gasteiger partial charge is 0.457 e. The Bertz CT molecular complexity index is 1090. The summed E-state index contributed by atoms with van der Waals surface area (Å²) in [4.78, 5) is 12.6. The van der Waals surface area contributed by atoms with E-state index in [0.29, 0.717) is 17.0 Å². The van der Waals surface area contributed by atoms with Gasteiger partial charge < -0.3 is 10.5 Å². The molecular formula is C21H16N4O2. The van der Waals surface area contributed by atoms with Crippen molar-refractivity contribution in [3.05, 3.63) is 96.3 Å². The Morgan fingerprint density at radius 1 is 0.889 bits per heavy atom. The third-order valence-corrected chi connectivity index (χ3v) is 3.99. The van der Waals surface area contributed by atoms with Crippen LogP contribution in [-0.2, 0) is 0 Å². The molecule has 2 N–H and O–H groups in total. The lowest BCUT2D eigenvalue weighted by molar-refractivity contribution is 0.103. The molecule has 4 aromatic rings. The van der Waals surface area contributed by atoms with Gasteiger partial charge in [0, 0.05) is 17.3 Å². The van der Waals surface area contributed by atoms with Gasteiger partial charge in [-0.3, -0.25) is 4.79 Å². The van der Waals surface area contributed by atoms with Gasteiger partial charge in [0.25, 0.3) is 0 Å². The molecule has 0 unspecified atom stereocenters. The van der Waals surface area contributed by atoms with Gasteiger partial charge in [-0.15, -0.1) is 5.10 Å². The SMILES string of the molecule is Nc1ccccc1C(=O)c1cn(-c2cccc(Oc3ccccc3)c2)nn1. The summed E-state index contributed by atoms with van der Waals surface area (Å²) in [5, 5.41) is 8.05. The highest BCUT2D eigenvalue weighted by molar-refractivity contribution is 6.10. The van der Waals surface area contributed by atoms with Crippen molar-refractivity contribution in [2.24, 2.45) is 0 Å². The third kappa shape index (κ3) is 3.55. The number of rotatable bonds is 5. The van der Waals surface area contributed by atoms with Crippen LogP contribution in [0.4, 0.5) is 5.69 Å². The number of para-hydroxylation sites is 2. The van der Waals surface area contributed by atoms with Gasteiger partial charge in [0.2, 0.25) is 5.78 Å². The number of hydrogen-bond donors (Lipinski definition) is 1. The maximum atomic E-state index is 12.6. The molecule has 4 rings (SSSR count). The number of carbonyl (C=O) groups excluding carboxylic acids is 1. The topological polar surface area (TPSA) is 83.0 Å². The first-order valence-corrected chi connectivity index (χ1v) is 8.35. The van der Waals surface area contributed by atoms with E-state index in [4.69, 9.17) is 10.5 Å². The molecule has 0 radical (unpaired) electrons. The molecule has 6 nitrogen and oxygen atoms in total. The van der Waals surface area contributed by atoms with E-state index in [0.717, 1.165) is 11.4 Å². The standard InChI is InChI=1S/C21H16N4O2/c22-19-12-5-4-11-18(19)21(26)20-14-25(24-23-20)15-7-6-10-17(13-15)27-16-8-2-1-3-9-16/h1-14H,22H2. The molecule has 0 aliphatic rings. The van der Waals surface area contributed by atoms with Gasteiger partial charge in [0.1, 0.15) is 11.5 Å². The maximum absolute atomic E-state index is 12.6. The summed E-state index contributed by atoms with van der Waals surface area (Å²) in [6, 6.07) is 23.8. The zero-order valence-electron chi connectivity index (χ0n) is 14.3. The predicted molar refractivity (Wildman–Crippen MR) is 102 cm³/mol. The lowest BCUT2D eigenvalue weighted by Gasteiger charge is -2.07. The predicted octanol–water partition coefficient (Wildman–Crippen LogP) is 3.87. The van der Waals surface area contributed by atoms with Gasteiger partial charge in [0.05, 0.1) is 11.9 Å². The van der Waals surface area contributed by atoms with Crippen LogP contribution < -0.4 is 10.5 Å². The van der Waals surface area contributed by atoms with Crippen molar-refractivity contribution in [1.82, 2.24) is 15.0 Å². The second kappa shape index (κ2) is 7.13. The lowest BCUT2D eigenvalue weighted by Crippen LogP contribution is -2.05. The summed E-state index contributed by atoms with van der Waals surface area (Å²) in [5.74, 6) is 1.13. The van der Waals surface area contributed by atoms with Gasteiger partial charge in [-0.05, 0) is 36.4 Å². The zero-order chi connectivity index (χ0) is 18.6. The van der Waals surface area contributed by atoms with Crippen molar-refractivity contribution in [2.45, 2.75) is 0 Å². The molecule has 1 aromatic heterocycles. The van der Waals surface area contributed by atoms with E-state index in [1.165, 1.54) is 4.68 Å². The molecule has 0 fully saturated rings. The Morgan fingerprint density at radius 3 is 2.44 bits per heavy atom. The van der Waals surface area contributed by atoms with Crippen molar-refractivity contribution < 1.29 is 9.53 Å². The number of aromatic nitrogens is 3. The summed E-state index contributed by atoms with van der Waals surface area (Å²) < 4.78 is 7.37. The minimum Gasteiger partial charge on any atom is -0.457 e. The highest BCUT2D eigenvalue weighted by Crippen LogP contribution is 2.23. The fourth-order valence-electron chi connectivity index (χ4n) is 2.65. The summed E-state index contributed by atoms with van der Waals surface area (Å²) in [6.07, 6.45) is 1.58. The summed E-state index contributed by atoms with van der Waals surface area (Å²) in [6.45, 7) is 0. The van der Waals surface area contributed by atoms with E-state index in [2.05, 4.69) is 10.3 Å². The molecule has 0 spiro atoms. The number of nitrogens with zero attached hydrogens (tertiary/aromatic N) is 3. The first-order chi connectivity index (χ1) is 13.2. The number of carbonyl (C=O) groups is 1. The summed E-state index contributed by atoms with van der Waals surface area (Å²) >= 11 is 0. The molecule has 0 amide bonds. The van der Waals surface area contributed by atoms with E-state index in [9.17, 15) is 4.79 Å². The lowest BCUT2D eigenvalue weighted by atomic mass is 10.1. The van der Waals surface area contributed by atoms with E-state index in [-0.39, 0.29) is 11.5 Å². The van der Waals surface area contributed by atoms with Crippen molar-refractivity contribution in [3.63, 3.8) is 0 Å². The van der Waals surface area contributed by atoms with Crippen LogP contribution in [0.1, 0.15) is 16.1 Å². The molecular weight excluding hydrogens is 340 g/mol. The van der Waals surface area contributed by atoms with Crippen LogP contribution in [0.15, 0.2) is 85.1 Å². The molecule has 3 aromatic carbocycles. The molecule has 0 aliphatic carbocycles. The number of nitrogens with two attached hydrogens (primary N) is 1. The van der Waals surface area contributed by atoms with Crippen molar-refractivity contribution in [2.75, 3.05) is 5.73 Å². The van der Waals surface area contributed by atoms with Gasteiger partial charge in [-0.2, -0.15) is 0 Å². The van der Waals surface area contributed by atoms with Crippen LogP contribution in [-0.4, -0.2) is 20.8 Å². The molecule has 1 heterocycles. The maximum Gasteiger partial charge on any atom is 0.216 e. The Kier molecular flexibility index (Phi) is 4.37. The van der Waals surface area contributed by atoms with E-state index in [1.54, 1.807) is 30.5 Å². The number of ketones is 1. The highest BCUT2D eigenvalue weighted by atomic mass is 16.5. The normalized spacial score (nSPS) is 10.5. The second-order valence-corrected chi connectivity index (χ2v) is 5.88. The van der Waals surface area contributed by atoms with Gasteiger partial charge >= 0.3 is 0 Å². The minimum absolute atomic E-state index is 0.224. The molecule has 0 bridgehead atoms. The minimum atomic E-state index is -0.268. The van der Waals surface area contributed by atoms with Crippen molar-refractivity contribution >= 4 is 11.5 Å². The summed E-state index contributed by atoms with van der Waals surface area (Å²) in [7, 11) is 0. The Morgan fingerprint density at radius 2 is 1.63 bits per heavy atom. The Balaban J connectivity index is 1.59. The number of benzene rings is 3. The first kappa shape index (κ1) is 16.5. The van der Waals surface area contributed by atoms with E-state index >= 15 is 0 Å². The smallest absolute Gasteiger partial charge is 0.216 e.